The summed E-state index contributed by atoms with van der Waals surface area (Å²) in [6, 6.07) is 9.70. The SMILES string of the molecule is C=C(I)c1ccc(-c2ccc(O)c3c2CC2CC4[C@H](N(C)C)C(O)=C(C(N)=O)C(=O)[C@@]4(O)C(O)=C2C3=O)cc1. The Morgan fingerprint density at radius 2 is 1.74 bits per heavy atom. The predicted molar refractivity (Wildman–Crippen MR) is 152 cm³/mol. The third-order valence-electron chi connectivity index (χ3n) is 8.12. The average Bonchev–Trinajstić information content (AvgIpc) is 2.86. The number of aromatic hydroxyl groups is 1. The summed E-state index contributed by atoms with van der Waals surface area (Å²) < 4.78 is 0.872. The number of aliphatic hydroxyl groups is 3. The summed E-state index contributed by atoms with van der Waals surface area (Å²) in [7, 11) is 3.19. The first-order valence-electron chi connectivity index (χ1n) is 12.3. The van der Waals surface area contributed by atoms with Crippen LogP contribution in [-0.4, -0.2) is 68.5 Å². The van der Waals surface area contributed by atoms with Gasteiger partial charge in [-0.2, -0.15) is 0 Å². The maximum atomic E-state index is 13.9. The minimum Gasteiger partial charge on any atom is -0.510 e. The number of halogens is 1. The standard InChI is InChI=1S/C29H27IN2O7/c1-12(30)13-4-6-14(7-5-13)16-8-9-19(33)21-17(16)10-15-11-18-23(32(2)3)25(35)22(28(31)38)27(37)29(18,39)26(36)20(15)24(21)34/h4-9,15,18,23,33,35-36,39H,1,10-11H2,2-3H3,(H2,31,38)/t15?,18?,23-,29-/m0/s1. The molecule has 1 amide bonds. The third kappa shape index (κ3) is 3.84. The zero-order valence-corrected chi connectivity index (χ0v) is 23.4. The molecule has 0 spiro atoms. The molecule has 0 fully saturated rings. The predicted octanol–water partition coefficient (Wildman–Crippen LogP) is 3.19. The molecule has 0 saturated carbocycles. The van der Waals surface area contributed by atoms with Crippen molar-refractivity contribution in [1.29, 1.82) is 0 Å². The molecule has 4 atom stereocenters. The largest absolute Gasteiger partial charge is 0.510 e. The van der Waals surface area contributed by atoms with Crippen molar-refractivity contribution in [1.82, 2.24) is 4.90 Å². The fourth-order valence-corrected chi connectivity index (χ4v) is 6.71. The molecule has 0 radical (unpaired) electrons. The minimum absolute atomic E-state index is 0.0179. The van der Waals surface area contributed by atoms with Crippen molar-refractivity contribution in [3.05, 3.63) is 82.3 Å². The zero-order valence-electron chi connectivity index (χ0n) is 21.2. The van der Waals surface area contributed by atoms with Crippen LogP contribution in [0.25, 0.3) is 14.7 Å². The number of likely N-dealkylation sites (N-methyl/N-ethyl adjacent to an activating group) is 1. The van der Waals surface area contributed by atoms with Crippen molar-refractivity contribution in [2.45, 2.75) is 24.5 Å². The van der Waals surface area contributed by atoms with E-state index in [-0.39, 0.29) is 29.7 Å². The Kier molecular flexibility index (Phi) is 6.47. The van der Waals surface area contributed by atoms with Crippen molar-refractivity contribution >= 4 is 43.6 Å². The molecular weight excluding hydrogens is 615 g/mol. The number of nitrogens with zero attached hydrogens (tertiary/aromatic N) is 1. The Bertz CT molecular complexity index is 1540. The second-order valence-corrected chi connectivity index (χ2v) is 11.7. The Morgan fingerprint density at radius 1 is 1.10 bits per heavy atom. The number of Topliss-reactive ketones (excluding diaryl/α,β-unsaturated/α-hetero) is 2. The summed E-state index contributed by atoms with van der Waals surface area (Å²) >= 11 is 2.13. The highest BCUT2D eigenvalue weighted by Crippen LogP contribution is 2.53. The first-order chi connectivity index (χ1) is 18.3. The molecule has 3 aliphatic carbocycles. The van der Waals surface area contributed by atoms with Gasteiger partial charge in [0.25, 0.3) is 5.91 Å². The number of amides is 1. The molecule has 0 aromatic heterocycles. The molecule has 2 aromatic carbocycles. The molecule has 6 N–H and O–H groups in total. The van der Waals surface area contributed by atoms with Crippen molar-refractivity contribution in [3.63, 3.8) is 0 Å². The van der Waals surface area contributed by atoms with Crippen LogP contribution in [0.4, 0.5) is 0 Å². The number of allylic oxidation sites excluding steroid dienone is 1. The topological polar surface area (TPSA) is 161 Å². The molecule has 39 heavy (non-hydrogen) atoms. The summed E-state index contributed by atoms with van der Waals surface area (Å²) in [4.78, 5) is 40.9. The number of carbonyl (C=O) groups excluding carboxylic acids is 3. The van der Waals surface area contributed by atoms with Crippen LogP contribution in [0, 0.1) is 11.8 Å². The van der Waals surface area contributed by atoms with Gasteiger partial charge in [0.2, 0.25) is 5.78 Å². The van der Waals surface area contributed by atoms with E-state index in [0.29, 0.717) is 5.56 Å². The second kappa shape index (κ2) is 9.32. The number of fused-ring (bicyclic) bond motifs is 3. The summed E-state index contributed by atoms with van der Waals surface area (Å²) in [5, 5.41) is 44.7. The van der Waals surface area contributed by atoms with Crippen LogP contribution in [0.1, 0.15) is 27.9 Å². The lowest BCUT2D eigenvalue weighted by atomic mass is 9.58. The van der Waals surface area contributed by atoms with Crippen LogP contribution in [0.3, 0.4) is 0 Å². The highest BCUT2D eigenvalue weighted by atomic mass is 127. The number of hydrogen-bond acceptors (Lipinski definition) is 8. The van der Waals surface area contributed by atoms with Gasteiger partial charge in [-0.25, -0.2) is 0 Å². The molecular formula is C29H27IN2O7. The number of hydrogen-bond donors (Lipinski definition) is 5. The lowest BCUT2D eigenvalue weighted by Crippen LogP contribution is -2.63. The van der Waals surface area contributed by atoms with Gasteiger partial charge in [0, 0.05) is 15.1 Å². The zero-order chi connectivity index (χ0) is 28.5. The fourth-order valence-electron chi connectivity index (χ4n) is 6.35. The number of carbonyl (C=O) groups is 3. The molecule has 2 unspecified atom stereocenters. The third-order valence-corrected chi connectivity index (χ3v) is 8.74. The quantitative estimate of drug-likeness (QED) is 0.251. The van der Waals surface area contributed by atoms with Crippen LogP contribution < -0.4 is 5.73 Å². The lowest BCUT2D eigenvalue weighted by molar-refractivity contribution is -0.148. The van der Waals surface area contributed by atoms with Crippen LogP contribution in [0.5, 0.6) is 5.75 Å². The molecule has 5 rings (SSSR count). The van der Waals surface area contributed by atoms with Crippen molar-refractivity contribution < 1.29 is 34.8 Å². The number of ketones is 2. The maximum absolute atomic E-state index is 13.9. The van der Waals surface area contributed by atoms with Gasteiger partial charge >= 0.3 is 0 Å². The number of phenolic OH excluding ortho intramolecular Hbond substituents is 1. The van der Waals surface area contributed by atoms with E-state index in [1.165, 1.54) is 11.0 Å². The van der Waals surface area contributed by atoms with Gasteiger partial charge in [-0.1, -0.05) is 36.9 Å². The number of aliphatic hydroxyl groups excluding tert-OH is 2. The summed E-state index contributed by atoms with van der Waals surface area (Å²) in [5.41, 5.74) is 4.75. The lowest BCUT2D eigenvalue weighted by Gasteiger charge is -2.50. The summed E-state index contributed by atoms with van der Waals surface area (Å²) in [6.45, 7) is 3.94. The van der Waals surface area contributed by atoms with Gasteiger partial charge < -0.3 is 26.2 Å². The molecule has 3 aliphatic rings. The van der Waals surface area contributed by atoms with E-state index in [4.69, 9.17) is 5.73 Å². The van der Waals surface area contributed by atoms with Crippen molar-refractivity contribution in [2.24, 2.45) is 17.6 Å². The maximum Gasteiger partial charge on any atom is 0.255 e. The van der Waals surface area contributed by atoms with E-state index in [0.717, 1.165) is 20.3 Å². The van der Waals surface area contributed by atoms with Crippen molar-refractivity contribution in [3.8, 4) is 16.9 Å². The van der Waals surface area contributed by atoms with E-state index in [1.54, 1.807) is 20.2 Å². The number of nitrogens with two attached hydrogens (primary N) is 1. The van der Waals surface area contributed by atoms with Gasteiger partial charge in [0.05, 0.1) is 11.6 Å². The van der Waals surface area contributed by atoms with Crippen LogP contribution in [-0.2, 0) is 16.0 Å². The Morgan fingerprint density at radius 3 is 2.31 bits per heavy atom. The van der Waals surface area contributed by atoms with Gasteiger partial charge in [-0.15, -0.1) is 0 Å². The monoisotopic (exact) mass is 642 g/mol. The van der Waals surface area contributed by atoms with Gasteiger partial charge in [0.1, 0.15) is 22.8 Å². The second-order valence-electron chi connectivity index (χ2n) is 10.4. The molecule has 0 aliphatic heterocycles. The molecule has 10 heteroatoms. The molecule has 2 aromatic rings. The molecule has 0 bridgehead atoms. The smallest absolute Gasteiger partial charge is 0.255 e. The van der Waals surface area contributed by atoms with E-state index in [9.17, 15) is 34.8 Å². The van der Waals surface area contributed by atoms with Gasteiger partial charge in [-0.3, -0.25) is 19.3 Å². The minimum atomic E-state index is -2.66. The number of benzene rings is 2. The molecule has 0 heterocycles. The Hall–Kier alpha value is -3.48. The number of rotatable bonds is 4. The van der Waals surface area contributed by atoms with Crippen LogP contribution in [0.2, 0.25) is 0 Å². The average molecular weight is 642 g/mol. The van der Waals surface area contributed by atoms with Gasteiger partial charge in [0.15, 0.2) is 11.4 Å². The van der Waals surface area contributed by atoms with E-state index in [2.05, 4.69) is 29.2 Å². The molecule has 202 valence electrons. The molecule has 0 saturated heterocycles. The first kappa shape index (κ1) is 27.1. The summed E-state index contributed by atoms with van der Waals surface area (Å²) in [6.07, 6.45) is 0.257. The normalized spacial score (nSPS) is 26.3. The summed E-state index contributed by atoms with van der Waals surface area (Å²) in [5.74, 6) is -6.69. The van der Waals surface area contributed by atoms with Crippen LogP contribution >= 0.6 is 22.6 Å². The fraction of sp³-hybridized carbons (Fsp3) is 0.276. The number of phenols is 1. The van der Waals surface area contributed by atoms with E-state index < -0.39 is 58.0 Å². The Labute approximate surface area is 238 Å². The Balaban J connectivity index is 1.70. The van der Waals surface area contributed by atoms with Crippen LogP contribution in [0.15, 0.2) is 65.6 Å². The number of primary amides is 1. The van der Waals surface area contributed by atoms with E-state index >= 15 is 0 Å². The van der Waals surface area contributed by atoms with Gasteiger partial charge in [-0.05, 0) is 83.8 Å². The van der Waals surface area contributed by atoms with E-state index in [1.807, 2.05) is 24.3 Å². The van der Waals surface area contributed by atoms with Crippen molar-refractivity contribution in [2.75, 3.05) is 14.1 Å². The highest BCUT2D eigenvalue weighted by Gasteiger charge is 2.63. The first-order valence-corrected chi connectivity index (χ1v) is 13.3. The highest BCUT2D eigenvalue weighted by molar-refractivity contribution is 14.1. The molecule has 9 nitrogen and oxygen atoms in total.